The van der Waals surface area contributed by atoms with Crippen LogP contribution in [-0.4, -0.2) is 35.1 Å². The first-order valence-electron chi connectivity index (χ1n) is 6.02. The van der Waals surface area contributed by atoms with Crippen LogP contribution in [0.5, 0.6) is 0 Å². The highest BCUT2D eigenvalue weighted by Crippen LogP contribution is 2.27. The highest BCUT2D eigenvalue weighted by molar-refractivity contribution is 7.19. The van der Waals surface area contributed by atoms with Crippen molar-refractivity contribution in [3.63, 3.8) is 0 Å². The predicted octanol–water partition coefficient (Wildman–Crippen LogP) is 1.84. The van der Waals surface area contributed by atoms with Crippen molar-refractivity contribution >= 4 is 33.4 Å². The van der Waals surface area contributed by atoms with Crippen molar-refractivity contribution in [2.24, 2.45) is 0 Å². The third-order valence-corrected chi connectivity index (χ3v) is 3.43. The first kappa shape index (κ1) is 15.3. The van der Waals surface area contributed by atoms with Gasteiger partial charge in [0, 0.05) is 26.9 Å². The standard InChI is InChI=1S/C12H18N4O2S/c1-5-7-8-16(10(4)18)12-14-13-11(19-12)15(6-2)9(3)17/h5,7H,6,8H2,1-4H3/b7-5+. The van der Waals surface area contributed by atoms with Crippen molar-refractivity contribution in [2.45, 2.75) is 27.7 Å². The van der Waals surface area contributed by atoms with E-state index in [4.69, 9.17) is 0 Å². The number of allylic oxidation sites excluding steroid dienone is 1. The summed E-state index contributed by atoms with van der Waals surface area (Å²) in [5.74, 6) is -0.195. The molecule has 0 N–H and O–H groups in total. The summed E-state index contributed by atoms with van der Waals surface area (Å²) in [5.41, 5.74) is 0. The topological polar surface area (TPSA) is 66.4 Å². The second-order valence-electron chi connectivity index (χ2n) is 3.83. The molecule has 2 amide bonds. The van der Waals surface area contributed by atoms with E-state index in [1.54, 1.807) is 0 Å². The Hall–Kier alpha value is -1.76. The molecule has 0 atom stereocenters. The van der Waals surface area contributed by atoms with Gasteiger partial charge in [0.1, 0.15) is 0 Å². The molecule has 0 aliphatic heterocycles. The van der Waals surface area contributed by atoms with Gasteiger partial charge in [-0.15, -0.1) is 10.2 Å². The molecule has 0 aliphatic carbocycles. The lowest BCUT2D eigenvalue weighted by Crippen LogP contribution is -2.28. The Morgan fingerprint density at radius 3 is 2.11 bits per heavy atom. The number of carbonyl (C=O) groups excluding carboxylic acids is 2. The molecule has 1 rings (SSSR count). The van der Waals surface area contributed by atoms with Crippen molar-refractivity contribution in [3.05, 3.63) is 12.2 Å². The van der Waals surface area contributed by atoms with Gasteiger partial charge in [-0.1, -0.05) is 23.5 Å². The summed E-state index contributed by atoms with van der Waals surface area (Å²) in [6.45, 7) is 7.69. The Morgan fingerprint density at radius 1 is 1.16 bits per heavy atom. The van der Waals surface area contributed by atoms with Crippen LogP contribution in [0.3, 0.4) is 0 Å². The predicted molar refractivity (Wildman–Crippen MR) is 76.5 cm³/mol. The van der Waals surface area contributed by atoms with Crippen LogP contribution in [0.15, 0.2) is 12.2 Å². The van der Waals surface area contributed by atoms with Crippen LogP contribution in [0.1, 0.15) is 27.7 Å². The first-order valence-corrected chi connectivity index (χ1v) is 6.83. The summed E-state index contributed by atoms with van der Waals surface area (Å²) in [5, 5.41) is 8.97. The van der Waals surface area contributed by atoms with E-state index in [1.807, 2.05) is 26.0 Å². The molecule has 0 spiro atoms. The number of hydrogen-bond donors (Lipinski definition) is 0. The summed E-state index contributed by atoms with van der Waals surface area (Å²) in [6.07, 6.45) is 3.73. The monoisotopic (exact) mass is 282 g/mol. The van der Waals surface area contributed by atoms with Crippen molar-refractivity contribution in [2.75, 3.05) is 22.9 Å². The molecule has 0 fully saturated rings. The molecule has 6 nitrogen and oxygen atoms in total. The molecule has 0 unspecified atom stereocenters. The van der Waals surface area contributed by atoms with E-state index < -0.39 is 0 Å². The number of rotatable bonds is 5. The van der Waals surface area contributed by atoms with E-state index in [0.29, 0.717) is 23.4 Å². The average Bonchev–Trinajstić information content (AvgIpc) is 2.79. The minimum absolute atomic E-state index is 0.0898. The van der Waals surface area contributed by atoms with Gasteiger partial charge >= 0.3 is 0 Å². The zero-order valence-electron chi connectivity index (χ0n) is 11.6. The highest BCUT2D eigenvalue weighted by atomic mass is 32.1. The van der Waals surface area contributed by atoms with Crippen LogP contribution >= 0.6 is 11.3 Å². The molecule has 0 aromatic carbocycles. The fraction of sp³-hybridized carbons (Fsp3) is 0.500. The summed E-state index contributed by atoms with van der Waals surface area (Å²) < 4.78 is 0. The molecule has 0 aliphatic rings. The Bertz CT molecular complexity index is 484. The number of anilines is 2. The maximum absolute atomic E-state index is 11.6. The molecule has 0 radical (unpaired) electrons. The highest BCUT2D eigenvalue weighted by Gasteiger charge is 2.19. The van der Waals surface area contributed by atoms with E-state index in [0.717, 1.165) is 0 Å². The maximum atomic E-state index is 11.6. The zero-order valence-corrected chi connectivity index (χ0v) is 12.4. The van der Waals surface area contributed by atoms with Gasteiger partial charge in [-0.05, 0) is 13.8 Å². The quantitative estimate of drug-likeness (QED) is 0.773. The lowest BCUT2D eigenvalue weighted by molar-refractivity contribution is -0.117. The SMILES string of the molecule is C/C=C/CN(C(C)=O)c1nnc(N(CC)C(C)=O)s1. The second kappa shape index (κ2) is 6.98. The number of carbonyl (C=O) groups is 2. The summed E-state index contributed by atoms with van der Waals surface area (Å²) in [7, 11) is 0. The minimum atomic E-state index is -0.105. The Kier molecular flexibility index (Phi) is 5.62. The maximum Gasteiger partial charge on any atom is 0.225 e. The van der Waals surface area contributed by atoms with E-state index in [2.05, 4.69) is 10.2 Å². The molecular weight excluding hydrogens is 264 g/mol. The normalized spacial score (nSPS) is 10.7. The fourth-order valence-electron chi connectivity index (χ4n) is 1.47. The molecule has 0 saturated carbocycles. The van der Waals surface area contributed by atoms with Gasteiger partial charge in [0.2, 0.25) is 22.1 Å². The van der Waals surface area contributed by atoms with Gasteiger partial charge in [-0.2, -0.15) is 0 Å². The first-order chi connectivity index (χ1) is 9.01. The third-order valence-electron chi connectivity index (χ3n) is 2.47. The molecule has 0 saturated heterocycles. The lowest BCUT2D eigenvalue weighted by atomic mass is 10.4. The van der Waals surface area contributed by atoms with Gasteiger partial charge < -0.3 is 0 Å². The van der Waals surface area contributed by atoms with Crippen molar-refractivity contribution in [3.8, 4) is 0 Å². The summed E-state index contributed by atoms with van der Waals surface area (Å²) in [6, 6.07) is 0. The Morgan fingerprint density at radius 2 is 1.68 bits per heavy atom. The van der Waals surface area contributed by atoms with E-state index in [-0.39, 0.29) is 11.8 Å². The van der Waals surface area contributed by atoms with Crippen LogP contribution in [-0.2, 0) is 9.59 Å². The van der Waals surface area contributed by atoms with E-state index in [9.17, 15) is 9.59 Å². The van der Waals surface area contributed by atoms with Gasteiger partial charge in [-0.3, -0.25) is 19.4 Å². The number of hydrogen-bond acceptors (Lipinski definition) is 5. The number of nitrogens with zero attached hydrogens (tertiary/aromatic N) is 4. The summed E-state index contributed by atoms with van der Waals surface area (Å²) in [4.78, 5) is 26.1. The molecule has 104 valence electrons. The second-order valence-corrected chi connectivity index (χ2v) is 4.76. The number of amides is 2. The van der Waals surface area contributed by atoms with Crippen LogP contribution in [0.25, 0.3) is 0 Å². The smallest absolute Gasteiger partial charge is 0.225 e. The van der Waals surface area contributed by atoms with Gasteiger partial charge in [-0.25, -0.2) is 0 Å². The van der Waals surface area contributed by atoms with Crippen LogP contribution < -0.4 is 9.80 Å². The van der Waals surface area contributed by atoms with E-state index in [1.165, 1.54) is 35.0 Å². The fourth-order valence-corrected chi connectivity index (χ4v) is 2.48. The zero-order chi connectivity index (χ0) is 14.4. The number of aromatic nitrogens is 2. The molecule has 19 heavy (non-hydrogen) atoms. The van der Waals surface area contributed by atoms with Crippen LogP contribution in [0.4, 0.5) is 10.3 Å². The Labute approximate surface area is 116 Å². The van der Waals surface area contributed by atoms with E-state index >= 15 is 0 Å². The summed E-state index contributed by atoms with van der Waals surface area (Å²) >= 11 is 1.23. The molecule has 1 aromatic heterocycles. The van der Waals surface area contributed by atoms with Gasteiger partial charge in [0.25, 0.3) is 0 Å². The van der Waals surface area contributed by atoms with Gasteiger partial charge in [0.05, 0.1) is 0 Å². The lowest BCUT2D eigenvalue weighted by Gasteiger charge is -2.15. The minimum Gasteiger partial charge on any atom is -0.287 e. The van der Waals surface area contributed by atoms with Crippen molar-refractivity contribution in [1.29, 1.82) is 0 Å². The molecule has 1 aromatic rings. The molecule has 0 bridgehead atoms. The average molecular weight is 282 g/mol. The molecule has 7 heteroatoms. The largest absolute Gasteiger partial charge is 0.287 e. The third kappa shape index (κ3) is 3.85. The Balaban J connectivity index is 2.98. The molecular formula is C12H18N4O2S. The van der Waals surface area contributed by atoms with Crippen LogP contribution in [0, 0.1) is 0 Å². The van der Waals surface area contributed by atoms with Gasteiger partial charge in [0.15, 0.2) is 0 Å². The van der Waals surface area contributed by atoms with Crippen LogP contribution in [0.2, 0.25) is 0 Å². The van der Waals surface area contributed by atoms with Crippen molar-refractivity contribution < 1.29 is 9.59 Å². The molecule has 1 heterocycles. The van der Waals surface area contributed by atoms with Crippen molar-refractivity contribution in [1.82, 2.24) is 10.2 Å².